The van der Waals surface area contributed by atoms with Gasteiger partial charge in [-0.1, -0.05) is 36.4 Å². The number of likely N-dealkylation sites (N-methyl/N-ethyl adjacent to an activating group) is 1. The number of para-hydroxylation sites is 1. The summed E-state index contributed by atoms with van der Waals surface area (Å²) in [6.07, 6.45) is 1.64. The molecule has 0 radical (unpaired) electrons. The molecule has 2 aromatic carbocycles. The standard InChI is InChI=1S/C19H18FN3O2/c1-23(12-18(24)22-10-13-6-2-4-8-16(13)20)19(25)15-11-21-17-9-5-3-7-14(15)17/h2-9,11,21H,10,12H2,1H3,(H,22,24). The maximum atomic E-state index is 13.5. The molecule has 5 nitrogen and oxygen atoms in total. The lowest BCUT2D eigenvalue weighted by Gasteiger charge is -2.16. The van der Waals surface area contributed by atoms with E-state index in [-0.39, 0.29) is 30.7 Å². The molecule has 0 aliphatic carbocycles. The van der Waals surface area contributed by atoms with Crippen LogP contribution >= 0.6 is 0 Å². The van der Waals surface area contributed by atoms with Gasteiger partial charge in [0.05, 0.1) is 12.1 Å². The van der Waals surface area contributed by atoms with Crippen LogP contribution in [0.25, 0.3) is 10.9 Å². The molecule has 0 aliphatic rings. The number of nitrogens with zero attached hydrogens (tertiary/aromatic N) is 1. The van der Waals surface area contributed by atoms with E-state index in [0.29, 0.717) is 11.1 Å². The molecule has 3 rings (SSSR count). The number of amides is 2. The zero-order chi connectivity index (χ0) is 17.8. The highest BCUT2D eigenvalue weighted by molar-refractivity contribution is 6.07. The number of hydrogen-bond acceptors (Lipinski definition) is 2. The van der Waals surface area contributed by atoms with Crippen LogP contribution in [0.5, 0.6) is 0 Å². The second-order valence-corrected chi connectivity index (χ2v) is 5.78. The number of rotatable bonds is 5. The number of H-pyrrole nitrogens is 1. The van der Waals surface area contributed by atoms with E-state index in [1.54, 1.807) is 31.4 Å². The van der Waals surface area contributed by atoms with Gasteiger partial charge in [-0.05, 0) is 12.1 Å². The molecule has 0 saturated heterocycles. The number of carbonyl (C=O) groups excluding carboxylic acids is 2. The molecule has 25 heavy (non-hydrogen) atoms. The molecule has 0 unspecified atom stereocenters. The van der Waals surface area contributed by atoms with Gasteiger partial charge < -0.3 is 15.2 Å². The normalized spacial score (nSPS) is 10.6. The molecule has 1 aromatic heterocycles. The molecular formula is C19H18FN3O2. The highest BCUT2D eigenvalue weighted by Crippen LogP contribution is 2.18. The Kier molecular flexibility index (Phi) is 4.79. The van der Waals surface area contributed by atoms with Crippen molar-refractivity contribution in [3.05, 3.63) is 71.7 Å². The van der Waals surface area contributed by atoms with Crippen LogP contribution in [-0.4, -0.2) is 35.3 Å². The van der Waals surface area contributed by atoms with Crippen LogP contribution in [-0.2, 0) is 11.3 Å². The van der Waals surface area contributed by atoms with E-state index in [1.165, 1.54) is 11.0 Å². The van der Waals surface area contributed by atoms with E-state index in [0.717, 1.165) is 10.9 Å². The topological polar surface area (TPSA) is 65.2 Å². The van der Waals surface area contributed by atoms with Gasteiger partial charge >= 0.3 is 0 Å². The van der Waals surface area contributed by atoms with E-state index in [2.05, 4.69) is 10.3 Å². The van der Waals surface area contributed by atoms with E-state index < -0.39 is 0 Å². The van der Waals surface area contributed by atoms with Crippen LogP contribution in [0.15, 0.2) is 54.7 Å². The first-order chi connectivity index (χ1) is 12.1. The fourth-order valence-corrected chi connectivity index (χ4v) is 2.63. The summed E-state index contributed by atoms with van der Waals surface area (Å²) in [6.45, 7) is -0.0204. The summed E-state index contributed by atoms with van der Waals surface area (Å²) >= 11 is 0. The van der Waals surface area contributed by atoms with Crippen molar-refractivity contribution in [3.63, 3.8) is 0 Å². The summed E-state index contributed by atoms with van der Waals surface area (Å²) < 4.78 is 13.5. The van der Waals surface area contributed by atoms with Gasteiger partial charge in [0.1, 0.15) is 5.82 Å². The van der Waals surface area contributed by atoms with Crippen molar-refractivity contribution in [2.75, 3.05) is 13.6 Å². The van der Waals surface area contributed by atoms with Crippen LogP contribution in [0.4, 0.5) is 4.39 Å². The van der Waals surface area contributed by atoms with Crippen LogP contribution in [0.2, 0.25) is 0 Å². The molecule has 6 heteroatoms. The Morgan fingerprint density at radius 2 is 1.84 bits per heavy atom. The SMILES string of the molecule is CN(CC(=O)NCc1ccccc1F)C(=O)c1c[nH]c2ccccc12. The molecule has 0 fully saturated rings. The second kappa shape index (κ2) is 7.17. The number of nitrogens with one attached hydrogen (secondary N) is 2. The lowest BCUT2D eigenvalue weighted by atomic mass is 10.1. The number of aromatic amines is 1. The Balaban J connectivity index is 1.61. The highest BCUT2D eigenvalue weighted by atomic mass is 19.1. The first-order valence-electron chi connectivity index (χ1n) is 7.88. The monoisotopic (exact) mass is 339 g/mol. The third-order valence-corrected chi connectivity index (χ3v) is 3.98. The minimum Gasteiger partial charge on any atom is -0.360 e. The largest absolute Gasteiger partial charge is 0.360 e. The van der Waals surface area contributed by atoms with Gasteiger partial charge in [-0.25, -0.2) is 4.39 Å². The van der Waals surface area contributed by atoms with Crippen molar-refractivity contribution < 1.29 is 14.0 Å². The number of aromatic nitrogens is 1. The fraction of sp³-hybridized carbons (Fsp3) is 0.158. The molecule has 2 N–H and O–H groups in total. The van der Waals surface area contributed by atoms with Crippen molar-refractivity contribution >= 4 is 22.7 Å². The van der Waals surface area contributed by atoms with Gasteiger partial charge in [-0.3, -0.25) is 9.59 Å². The number of halogens is 1. The van der Waals surface area contributed by atoms with Gasteiger partial charge in [0, 0.05) is 36.3 Å². The summed E-state index contributed by atoms with van der Waals surface area (Å²) in [5.41, 5.74) is 1.78. The van der Waals surface area contributed by atoms with Gasteiger partial charge in [0.2, 0.25) is 5.91 Å². The zero-order valence-corrected chi connectivity index (χ0v) is 13.8. The summed E-state index contributed by atoms with van der Waals surface area (Å²) in [4.78, 5) is 29.0. The summed E-state index contributed by atoms with van der Waals surface area (Å²) in [5.74, 6) is -0.969. The van der Waals surface area contributed by atoms with Crippen molar-refractivity contribution in [1.29, 1.82) is 0 Å². The number of fused-ring (bicyclic) bond motifs is 1. The summed E-state index contributed by atoms with van der Waals surface area (Å²) in [6, 6.07) is 13.7. The molecule has 0 aliphatic heterocycles. The molecule has 0 bridgehead atoms. The Hall–Kier alpha value is -3.15. The predicted molar refractivity (Wildman–Crippen MR) is 93.5 cm³/mol. The minimum absolute atomic E-state index is 0.0840. The van der Waals surface area contributed by atoms with Gasteiger partial charge in [-0.2, -0.15) is 0 Å². The van der Waals surface area contributed by atoms with Gasteiger partial charge in [0.25, 0.3) is 5.91 Å². The van der Waals surface area contributed by atoms with Gasteiger partial charge in [-0.15, -0.1) is 0 Å². The fourth-order valence-electron chi connectivity index (χ4n) is 2.63. The Labute approximate surface area is 144 Å². The molecule has 3 aromatic rings. The summed E-state index contributed by atoms with van der Waals surface area (Å²) in [5, 5.41) is 3.44. The third kappa shape index (κ3) is 3.68. The van der Waals surface area contributed by atoms with E-state index in [4.69, 9.17) is 0 Å². The minimum atomic E-state index is -0.369. The van der Waals surface area contributed by atoms with E-state index >= 15 is 0 Å². The van der Waals surface area contributed by atoms with Crippen LogP contribution in [0, 0.1) is 5.82 Å². The predicted octanol–water partition coefficient (Wildman–Crippen LogP) is 2.70. The van der Waals surface area contributed by atoms with Crippen LogP contribution in [0.3, 0.4) is 0 Å². The first-order valence-corrected chi connectivity index (χ1v) is 7.88. The average Bonchev–Trinajstić information content (AvgIpc) is 3.04. The number of benzene rings is 2. The molecular weight excluding hydrogens is 321 g/mol. The van der Waals surface area contributed by atoms with Crippen molar-refractivity contribution in [2.24, 2.45) is 0 Å². The smallest absolute Gasteiger partial charge is 0.256 e. The quantitative estimate of drug-likeness (QED) is 0.751. The second-order valence-electron chi connectivity index (χ2n) is 5.78. The summed E-state index contributed by atoms with van der Waals surface area (Å²) in [7, 11) is 1.56. The first kappa shape index (κ1) is 16.7. The maximum absolute atomic E-state index is 13.5. The third-order valence-electron chi connectivity index (χ3n) is 3.98. The van der Waals surface area contributed by atoms with Crippen LogP contribution in [0.1, 0.15) is 15.9 Å². The van der Waals surface area contributed by atoms with E-state index in [9.17, 15) is 14.0 Å². The number of hydrogen-bond donors (Lipinski definition) is 2. The Morgan fingerprint density at radius 3 is 2.64 bits per heavy atom. The molecule has 128 valence electrons. The molecule has 0 saturated carbocycles. The average molecular weight is 339 g/mol. The number of carbonyl (C=O) groups is 2. The lowest BCUT2D eigenvalue weighted by Crippen LogP contribution is -2.38. The van der Waals surface area contributed by atoms with Crippen molar-refractivity contribution in [3.8, 4) is 0 Å². The molecule has 1 heterocycles. The zero-order valence-electron chi connectivity index (χ0n) is 13.8. The molecule has 0 atom stereocenters. The highest BCUT2D eigenvalue weighted by Gasteiger charge is 2.18. The lowest BCUT2D eigenvalue weighted by molar-refractivity contribution is -0.121. The maximum Gasteiger partial charge on any atom is 0.256 e. The van der Waals surface area contributed by atoms with Crippen LogP contribution < -0.4 is 5.32 Å². The molecule has 2 amide bonds. The Morgan fingerprint density at radius 1 is 1.12 bits per heavy atom. The Bertz CT molecular complexity index is 920. The molecule has 0 spiro atoms. The van der Waals surface area contributed by atoms with Crippen molar-refractivity contribution in [2.45, 2.75) is 6.54 Å². The van der Waals surface area contributed by atoms with Crippen molar-refractivity contribution in [1.82, 2.24) is 15.2 Å². The van der Waals surface area contributed by atoms with Gasteiger partial charge in [0.15, 0.2) is 0 Å². The van der Waals surface area contributed by atoms with E-state index in [1.807, 2.05) is 24.3 Å².